The van der Waals surface area contributed by atoms with Gasteiger partial charge in [0.05, 0.1) is 6.07 Å². The van der Waals surface area contributed by atoms with Gasteiger partial charge in [0.15, 0.2) is 0 Å². The van der Waals surface area contributed by atoms with E-state index in [9.17, 15) is 0 Å². The quantitative estimate of drug-likeness (QED) is 0.654. The van der Waals surface area contributed by atoms with Gasteiger partial charge in [-0.25, -0.2) is 0 Å². The summed E-state index contributed by atoms with van der Waals surface area (Å²) in [6, 6.07) is 12.7. The number of nitriles is 1. The molecule has 0 unspecified atom stereocenters. The Morgan fingerprint density at radius 1 is 1.19 bits per heavy atom. The lowest BCUT2D eigenvalue weighted by Crippen LogP contribution is -2.23. The summed E-state index contributed by atoms with van der Waals surface area (Å²) in [5, 5.41) is 8.46. The minimum atomic E-state index is 0.683. The normalized spacial score (nSPS) is 10.3. The summed E-state index contributed by atoms with van der Waals surface area (Å²) in [5.41, 5.74) is 1.37. The minimum absolute atomic E-state index is 0.683. The van der Waals surface area contributed by atoms with Gasteiger partial charge in [0.2, 0.25) is 0 Å². The average molecular weight is 216 g/mol. The standard InChI is InChI=1S/C14H20N2/c1-2-16(12-8-4-7-11-15)13-14-9-5-3-6-10-14/h3,5-6,9-10H,2,4,7-8,12-13H2,1H3. The SMILES string of the molecule is CCN(CCCCC#N)Cc1ccccc1. The van der Waals surface area contributed by atoms with E-state index in [0.29, 0.717) is 6.42 Å². The molecule has 0 fully saturated rings. The zero-order valence-corrected chi connectivity index (χ0v) is 10.0. The summed E-state index contributed by atoms with van der Waals surface area (Å²) >= 11 is 0. The molecule has 0 aromatic heterocycles. The monoisotopic (exact) mass is 216 g/mol. The van der Waals surface area contributed by atoms with E-state index in [0.717, 1.165) is 32.5 Å². The maximum absolute atomic E-state index is 8.46. The molecule has 0 bridgehead atoms. The fraction of sp³-hybridized carbons (Fsp3) is 0.500. The van der Waals surface area contributed by atoms with Gasteiger partial charge in [-0.3, -0.25) is 4.90 Å². The van der Waals surface area contributed by atoms with Crippen molar-refractivity contribution in [1.29, 1.82) is 5.26 Å². The third kappa shape index (κ3) is 4.95. The maximum atomic E-state index is 8.46. The first-order valence-electron chi connectivity index (χ1n) is 6.00. The highest BCUT2D eigenvalue weighted by atomic mass is 15.1. The Kier molecular flexibility index (Phi) is 6.29. The number of rotatable bonds is 7. The zero-order valence-electron chi connectivity index (χ0n) is 10.0. The van der Waals surface area contributed by atoms with Gasteiger partial charge in [0, 0.05) is 13.0 Å². The van der Waals surface area contributed by atoms with Gasteiger partial charge < -0.3 is 0 Å². The van der Waals surface area contributed by atoms with Crippen molar-refractivity contribution in [3.8, 4) is 6.07 Å². The average Bonchev–Trinajstić information content (AvgIpc) is 2.34. The Labute approximate surface area is 98.5 Å². The molecule has 0 spiro atoms. The van der Waals surface area contributed by atoms with E-state index in [2.05, 4.69) is 42.2 Å². The fourth-order valence-corrected chi connectivity index (χ4v) is 1.73. The predicted octanol–water partition coefficient (Wildman–Crippen LogP) is 3.20. The molecule has 2 nitrogen and oxygen atoms in total. The highest BCUT2D eigenvalue weighted by molar-refractivity contribution is 5.14. The predicted molar refractivity (Wildman–Crippen MR) is 66.9 cm³/mol. The number of hydrogen-bond acceptors (Lipinski definition) is 2. The van der Waals surface area contributed by atoms with Crippen molar-refractivity contribution in [3.05, 3.63) is 35.9 Å². The first-order valence-corrected chi connectivity index (χ1v) is 6.00. The van der Waals surface area contributed by atoms with Crippen LogP contribution in [0.4, 0.5) is 0 Å². The molecule has 0 aliphatic rings. The first-order chi connectivity index (χ1) is 7.86. The third-order valence-electron chi connectivity index (χ3n) is 2.71. The second-order valence-electron chi connectivity index (χ2n) is 3.97. The number of nitrogens with zero attached hydrogens (tertiary/aromatic N) is 2. The van der Waals surface area contributed by atoms with Crippen LogP contribution in [-0.2, 0) is 6.54 Å². The number of hydrogen-bond donors (Lipinski definition) is 0. The molecule has 1 rings (SSSR count). The number of benzene rings is 1. The summed E-state index contributed by atoms with van der Waals surface area (Å²) in [6.07, 6.45) is 2.82. The van der Waals surface area contributed by atoms with Crippen molar-refractivity contribution >= 4 is 0 Å². The van der Waals surface area contributed by atoms with Crippen molar-refractivity contribution in [2.75, 3.05) is 13.1 Å². The molecule has 0 aliphatic heterocycles. The van der Waals surface area contributed by atoms with Crippen LogP contribution >= 0.6 is 0 Å². The van der Waals surface area contributed by atoms with Gasteiger partial charge in [0.25, 0.3) is 0 Å². The van der Waals surface area contributed by atoms with Gasteiger partial charge in [-0.15, -0.1) is 0 Å². The highest BCUT2D eigenvalue weighted by Gasteiger charge is 2.02. The van der Waals surface area contributed by atoms with Crippen LogP contribution in [0.3, 0.4) is 0 Å². The smallest absolute Gasteiger partial charge is 0.0621 e. The molecule has 0 radical (unpaired) electrons. The molecule has 86 valence electrons. The van der Waals surface area contributed by atoms with E-state index < -0.39 is 0 Å². The third-order valence-corrected chi connectivity index (χ3v) is 2.71. The lowest BCUT2D eigenvalue weighted by Gasteiger charge is -2.20. The van der Waals surface area contributed by atoms with Crippen LogP contribution in [0.15, 0.2) is 30.3 Å². The maximum Gasteiger partial charge on any atom is 0.0621 e. The van der Waals surface area contributed by atoms with Crippen LogP contribution in [0.5, 0.6) is 0 Å². The lowest BCUT2D eigenvalue weighted by molar-refractivity contribution is 0.274. The molecular formula is C14H20N2. The molecule has 0 aliphatic carbocycles. The summed E-state index contributed by atoms with van der Waals surface area (Å²) in [6.45, 7) is 5.37. The minimum Gasteiger partial charge on any atom is -0.299 e. The Morgan fingerprint density at radius 3 is 2.56 bits per heavy atom. The molecule has 0 saturated carbocycles. The Bertz CT molecular complexity index is 313. The zero-order chi connectivity index (χ0) is 11.6. The van der Waals surface area contributed by atoms with Crippen molar-refractivity contribution in [1.82, 2.24) is 4.90 Å². The van der Waals surface area contributed by atoms with Crippen molar-refractivity contribution in [2.45, 2.75) is 32.7 Å². The van der Waals surface area contributed by atoms with E-state index in [1.165, 1.54) is 5.56 Å². The fourth-order valence-electron chi connectivity index (χ4n) is 1.73. The van der Waals surface area contributed by atoms with Gasteiger partial charge in [-0.05, 0) is 31.5 Å². The van der Waals surface area contributed by atoms with Crippen LogP contribution in [0, 0.1) is 11.3 Å². The van der Waals surface area contributed by atoms with E-state index in [1.807, 2.05) is 6.07 Å². The molecule has 0 atom stereocenters. The highest BCUT2D eigenvalue weighted by Crippen LogP contribution is 2.06. The van der Waals surface area contributed by atoms with Gasteiger partial charge in [-0.1, -0.05) is 37.3 Å². The van der Waals surface area contributed by atoms with Crippen molar-refractivity contribution in [3.63, 3.8) is 0 Å². The first kappa shape index (κ1) is 12.7. The second-order valence-corrected chi connectivity index (χ2v) is 3.97. The summed E-state index contributed by atoms with van der Waals surface area (Å²) < 4.78 is 0. The molecule has 0 heterocycles. The van der Waals surface area contributed by atoms with Gasteiger partial charge in [0.1, 0.15) is 0 Å². The van der Waals surface area contributed by atoms with E-state index in [4.69, 9.17) is 5.26 Å². The molecule has 0 amide bonds. The van der Waals surface area contributed by atoms with E-state index in [-0.39, 0.29) is 0 Å². The van der Waals surface area contributed by atoms with Crippen LogP contribution in [-0.4, -0.2) is 18.0 Å². The molecule has 1 aromatic rings. The molecule has 0 N–H and O–H groups in total. The van der Waals surface area contributed by atoms with E-state index >= 15 is 0 Å². The summed E-state index contributed by atoms with van der Waals surface area (Å²) in [5.74, 6) is 0. The Morgan fingerprint density at radius 2 is 1.94 bits per heavy atom. The van der Waals surface area contributed by atoms with Crippen molar-refractivity contribution in [2.24, 2.45) is 0 Å². The van der Waals surface area contributed by atoms with Gasteiger partial charge >= 0.3 is 0 Å². The van der Waals surface area contributed by atoms with Crippen LogP contribution in [0.25, 0.3) is 0 Å². The van der Waals surface area contributed by atoms with Crippen LogP contribution in [0.1, 0.15) is 31.7 Å². The van der Waals surface area contributed by atoms with E-state index in [1.54, 1.807) is 0 Å². The summed E-state index contributed by atoms with van der Waals surface area (Å²) in [4.78, 5) is 2.42. The molecule has 2 heteroatoms. The Hall–Kier alpha value is -1.33. The molecular weight excluding hydrogens is 196 g/mol. The summed E-state index contributed by atoms with van der Waals surface area (Å²) in [7, 11) is 0. The van der Waals surface area contributed by atoms with Crippen molar-refractivity contribution < 1.29 is 0 Å². The topological polar surface area (TPSA) is 27.0 Å². The largest absolute Gasteiger partial charge is 0.299 e. The molecule has 1 aromatic carbocycles. The Balaban J connectivity index is 2.30. The second kappa shape index (κ2) is 7.90. The molecule has 0 saturated heterocycles. The van der Waals surface area contributed by atoms with Gasteiger partial charge in [-0.2, -0.15) is 5.26 Å². The van der Waals surface area contributed by atoms with Crippen LogP contribution in [0.2, 0.25) is 0 Å². The molecule has 16 heavy (non-hydrogen) atoms. The number of unbranched alkanes of at least 4 members (excludes halogenated alkanes) is 2. The lowest BCUT2D eigenvalue weighted by atomic mass is 10.2. The van der Waals surface area contributed by atoms with Crippen LogP contribution < -0.4 is 0 Å².